The average molecular weight is 294 g/mol. The number of thiazole rings is 1. The van der Waals surface area contributed by atoms with Crippen LogP contribution in [0.3, 0.4) is 0 Å². The Labute approximate surface area is 115 Å². The number of carbonyl (C=O) groups is 1. The number of nitrogens with zero attached hydrogens (tertiary/aromatic N) is 2. The van der Waals surface area contributed by atoms with Crippen molar-refractivity contribution in [2.45, 2.75) is 6.61 Å². The van der Waals surface area contributed by atoms with E-state index in [1.54, 1.807) is 19.1 Å². The van der Waals surface area contributed by atoms with Gasteiger partial charge in [0.1, 0.15) is 5.15 Å². The topological polar surface area (TPSA) is 74.7 Å². The molecule has 0 aliphatic rings. The molecule has 8 heteroatoms. The molecular weight excluding hydrogens is 278 g/mol. The molecule has 0 saturated carbocycles. The minimum Gasteiger partial charge on any atom is -0.391 e. The zero-order chi connectivity index (χ0) is 13.5. The molecule has 0 aromatic carbocycles. The Morgan fingerprint density at radius 3 is 2.94 bits per heavy atom. The summed E-state index contributed by atoms with van der Waals surface area (Å²) in [4.78, 5) is 17.9. The minimum absolute atomic E-state index is 0.119. The number of amides is 1. The summed E-state index contributed by atoms with van der Waals surface area (Å²) in [6, 6.07) is 0. The zero-order valence-corrected chi connectivity index (χ0v) is 11.8. The predicted octanol–water partition coefficient (Wildman–Crippen LogP) is 0.488. The lowest BCUT2D eigenvalue weighted by Gasteiger charge is -2.14. The smallest absolute Gasteiger partial charge is 0.239 e. The van der Waals surface area contributed by atoms with Crippen molar-refractivity contribution in [3.05, 3.63) is 10.0 Å². The van der Waals surface area contributed by atoms with E-state index in [-0.39, 0.29) is 24.2 Å². The SMILES string of the molecule is COCCNC(=O)CN(C)c1nc(Cl)c(CO)s1. The maximum absolute atomic E-state index is 11.5. The molecule has 6 nitrogen and oxygen atoms in total. The molecule has 0 saturated heterocycles. The second kappa shape index (κ2) is 7.52. The third-order valence-corrected chi connectivity index (χ3v) is 3.70. The number of nitrogens with one attached hydrogen (secondary N) is 1. The molecule has 18 heavy (non-hydrogen) atoms. The summed E-state index contributed by atoms with van der Waals surface area (Å²) < 4.78 is 4.83. The molecule has 0 spiro atoms. The van der Waals surface area contributed by atoms with Crippen LogP contribution in [0.4, 0.5) is 5.13 Å². The highest BCUT2D eigenvalue weighted by atomic mass is 35.5. The van der Waals surface area contributed by atoms with Gasteiger partial charge in [0.2, 0.25) is 5.91 Å². The highest BCUT2D eigenvalue weighted by molar-refractivity contribution is 7.16. The molecule has 1 aromatic heterocycles. The van der Waals surface area contributed by atoms with Crippen molar-refractivity contribution in [3.63, 3.8) is 0 Å². The van der Waals surface area contributed by atoms with E-state index in [0.717, 1.165) is 0 Å². The van der Waals surface area contributed by atoms with Crippen molar-refractivity contribution >= 4 is 34.0 Å². The van der Waals surface area contributed by atoms with Gasteiger partial charge in [0.05, 0.1) is 24.6 Å². The number of halogens is 1. The van der Waals surface area contributed by atoms with Crippen LogP contribution in [-0.2, 0) is 16.1 Å². The maximum atomic E-state index is 11.5. The summed E-state index contributed by atoms with van der Waals surface area (Å²) in [6.07, 6.45) is 0. The van der Waals surface area contributed by atoms with E-state index < -0.39 is 0 Å². The standard InChI is InChI=1S/C10H16ClN3O3S/c1-14(5-8(16)12-3-4-17-2)10-13-9(11)7(6-15)18-10/h15H,3-6H2,1-2H3,(H,12,16). The molecule has 0 aliphatic heterocycles. The average Bonchev–Trinajstić information content (AvgIpc) is 2.71. The van der Waals surface area contributed by atoms with Gasteiger partial charge in [-0.15, -0.1) is 0 Å². The van der Waals surface area contributed by atoms with E-state index in [1.165, 1.54) is 11.3 Å². The maximum Gasteiger partial charge on any atom is 0.239 e. The summed E-state index contributed by atoms with van der Waals surface area (Å²) >= 11 is 7.09. The van der Waals surface area contributed by atoms with Gasteiger partial charge in [-0.05, 0) is 0 Å². The van der Waals surface area contributed by atoms with Gasteiger partial charge in [-0.1, -0.05) is 22.9 Å². The van der Waals surface area contributed by atoms with E-state index in [1.807, 2.05) is 0 Å². The molecule has 0 radical (unpaired) electrons. The van der Waals surface area contributed by atoms with E-state index in [2.05, 4.69) is 10.3 Å². The Balaban J connectivity index is 2.48. The monoisotopic (exact) mass is 293 g/mol. The summed E-state index contributed by atoms with van der Waals surface area (Å²) in [5, 5.41) is 12.6. The molecule has 1 heterocycles. The van der Waals surface area contributed by atoms with Crippen molar-refractivity contribution in [2.75, 3.05) is 38.8 Å². The van der Waals surface area contributed by atoms with Gasteiger partial charge in [0.25, 0.3) is 0 Å². The van der Waals surface area contributed by atoms with Crippen molar-refractivity contribution < 1.29 is 14.6 Å². The van der Waals surface area contributed by atoms with E-state index in [0.29, 0.717) is 23.2 Å². The van der Waals surface area contributed by atoms with Crippen LogP contribution >= 0.6 is 22.9 Å². The number of likely N-dealkylation sites (N-methyl/N-ethyl adjacent to an activating group) is 1. The van der Waals surface area contributed by atoms with Gasteiger partial charge in [0, 0.05) is 20.7 Å². The lowest BCUT2D eigenvalue weighted by Crippen LogP contribution is -2.36. The molecule has 0 aliphatic carbocycles. The van der Waals surface area contributed by atoms with Gasteiger partial charge in [-0.2, -0.15) is 0 Å². The number of hydrogen-bond acceptors (Lipinski definition) is 6. The number of carbonyl (C=O) groups excluding carboxylic acids is 1. The zero-order valence-electron chi connectivity index (χ0n) is 10.3. The van der Waals surface area contributed by atoms with Crippen LogP contribution in [0.1, 0.15) is 4.88 Å². The fraction of sp³-hybridized carbons (Fsp3) is 0.600. The summed E-state index contributed by atoms with van der Waals surface area (Å²) in [7, 11) is 3.32. The lowest BCUT2D eigenvalue weighted by molar-refractivity contribution is -0.119. The molecule has 0 bridgehead atoms. The molecule has 0 unspecified atom stereocenters. The number of ether oxygens (including phenoxy) is 1. The van der Waals surface area contributed by atoms with Gasteiger partial charge in [-0.3, -0.25) is 4.79 Å². The van der Waals surface area contributed by atoms with Gasteiger partial charge >= 0.3 is 0 Å². The quantitative estimate of drug-likeness (QED) is 0.716. The number of aromatic nitrogens is 1. The third-order valence-electron chi connectivity index (χ3n) is 2.12. The van der Waals surface area contributed by atoms with Crippen molar-refractivity contribution in [1.29, 1.82) is 0 Å². The molecule has 1 rings (SSSR count). The first-order chi connectivity index (χ1) is 8.58. The Morgan fingerprint density at radius 2 is 2.39 bits per heavy atom. The second-order valence-electron chi connectivity index (χ2n) is 3.57. The highest BCUT2D eigenvalue weighted by Crippen LogP contribution is 2.28. The Morgan fingerprint density at radius 1 is 1.67 bits per heavy atom. The van der Waals surface area contributed by atoms with Crippen LogP contribution in [-0.4, -0.2) is 49.9 Å². The summed E-state index contributed by atoms with van der Waals surface area (Å²) in [6.45, 7) is 0.986. The Hall–Kier alpha value is -0.890. The van der Waals surface area contributed by atoms with Crippen LogP contribution in [0.25, 0.3) is 0 Å². The first-order valence-corrected chi connectivity index (χ1v) is 6.50. The lowest BCUT2D eigenvalue weighted by atomic mass is 10.5. The molecule has 1 aromatic rings. The third kappa shape index (κ3) is 4.41. The number of rotatable bonds is 7. The summed E-state index contributed by atoms with van der Waals surface area (Å²) in [5.41, 5.74) is 0. The van der Waals surface area contributed by atoms with Gasteiger partial charge < -0.3 is 20.1 Å². The largest absolute Gasteiger partial charge is 0.391 e. The van der Waals surface area contributed by atoms with Crippen LogP contribution in [0.15, 0.2) is 0 Å². The highest BCUT2D eigenvalue weighted by Gasteiger charge is 2.14. The van der Waals surface area contributed by atoms with Gasteiger partial charge in [0.15, 0.2) is 5.13 Å². The molecule has 102 valence electrons. The minimum atomic E-state index is -0.148. The van der Waals surface area contributed by atoms with Crippen LogP contribution in [0.2, 0.25) is 5.15 Å². The molecule has 1 amide bonds. The normalized spacial score (nSPS) is 10.4. The number of anilines is 1. The van der Waals surface area contributed by atoms with Crippen molar-refractivity contribution in [3.8, 4) is 0 Å². The van der Waals surface area contributed by atoms with E-state index in [4.69, 9.17) is 21.4 Å². The fourth-order valence-corrected chi connectivity index (χ4v) is 2.29. The Kier molecular flexibility index (Phi) is 6.34. The number of methoxy groups -OCH3 is 1. The molecule has 2 N–H and O–H groups in total. The predicted molar refractivity (Wildman–Crippen MR) is 71.2 cm³/mol. The number of hydrogen-bond donors (Lipinski definition) is 2. The van der Waals surface area contributed by atoms with E-state index >= 15 is 0 Å². The number of aliphatic hydroxyl groups excluding tert-OH is 1. The van der Waals surface area contributed by atoms with Crippen molar-refractivity contribution in [2.24, 2.45) is 0 Å². The first kappa shape index (κ1) is 15.2. The molecular formula is C10H16ClN3O3S. The first-order valence-electron chi connectivity index (χ1n) is 5.31. The van der Waals surface area contributed by atoms with Crippen LogP contribution < -0.4 is 10.2 Å². The molecule has 0 fully saturated rings. The number of aliphatic hydroxyl groups is 1. The van der Waals surface area contributed by atoms with Crippen LogP contribution in [0, 0.1) is 0 Å². The fourth-order valence-electron chi connectivity index (χ4n) is 1.21. The van der Waals surface area contributed by atoms with Crippen LogP contribution in [0.5, 0.6) is 0 Å². The second-order valence-corrected chi connectivity index (χ2v) is 4.99. The van der Waals surface area contributed by atoms with Gasteiger partial charge in [-0.25, -0.2) is 4.98 Å². The molecule has 0 atom stereocenters. The Bertz CT molecular complexity index is 400. The summed E-state index contributed by atoms with van der Waals surface area (Å²) in [5.74, 6) is -0.119. The van der Waals surface area contributed by atoms with Crippen molar-refractivity contribution in [1.82, 2.24) is 10.3 Å². The van der Waals surface area contributed by atoms with E-state index in [9.17, 15) is 4.79 Å².